The van der Waals surface area contributed by atoms with Crippen molar-refractivity contribution in [2.45, 2.75) is 6.54 Å². The molecule has 2 aromatic rings. The van der Waals surface area contributed by atoms with Gasteiger partial charge in [-0.25, -0.2) is 4.68 Å². The zero-order valence-corrected chi connectivity index (χ0v) is 8.33. The summed E-state index contributed by atoms with van der Waals surface area (Å²) >= 11 is 0. The van der Waals surface area contributed by atoms with Gasteiger partial charge in [-0.15, -0.1) is 5.10 Å². The zero-order valence-electron chi connectivity index (χ0n) is 8.33. The molecule has 1 aliphatic heterocycles. The molecular formula is C11H9N3O2. The first-order valence-electron chi connectivity index (χ1n) is 4.87. The molecule has 0 atom stereocenters. The van der Waals surface area contributed by atoms with Gasteiger partial charge in [0.2, 0.25) is 0 Å². The van der Waals surface area contributed by atoms with Crippen LogP contribution < -0.4 is 0 Å². The van der Waals surface area contributed by atoms with Gasteiger partial charge in [0.15, 0.2) is 0 Å². The smallest absolute Gasteiger partial charge is 0.125 e. The lowest BCUT2D eigenvalue weighted by Crippen LogP contribution is -2.05. The van der Waals surface area contributed by atoms with Gasteiger partial charge in [-0.2, -0.15) is 0 Å². The molecule has 0 amide bonds. The van der Waals surface area contributed by atoms with Crippen LogP contribution in [0.15, 0.2) is 36.1 Å². The highest BCUT2D eigenvalue weighted by molar-refractivity contribution is 5.87. The Bertz CT molecular complexity index is 625. The van der Waals surface area contributed by atoms with Gasteiger partial charge >= 0.3 is 0 Å². The predicted molar refractivity (Wildman–Crippen MR) is 58.8 cm³/mol. The molecule has 0 aliphatic carbocycles. The molecule has 3 rings (SSSR count). The standard InChI is InChI=1S/C11H9N3O2/c15-7-4-5-10(16)8-2-1-3-9-11(8)14(6-7)13-12-9/h1-5,15-16H,6H2/b7-4+,10-5+. The van der Waals surface area contributed by atoms with Gasteiger partial charge in [-0.1, -0.05) is 11.3 Å². The molecule has 2 heterocycles. The van der Waals surface area contributed by atoms with Crippen molar-refractivity contribution in [3.8, 4) is 0 Å². The Balaban J connectivity index is 2.41. The Labute approximate surface area is 90.9 Å². The molecule has 5 nitrogen and oxygen atoms in total. The van der Waals surface area contributed by atoms with Gasteiger partial charge in [0.25, 0.3) is 0 Å². The van der Waals surface area contributed by atoms with E-state index < -0.39 is 0 Å². The highest BCUT2D eigenvalue weighted by Gasteiger charge is 2.14. The topological polar surface area (TPSA) is 71.2 Å². The second-order valence-electron chi connectivity index (χ2n) is 3.63. The summed E-state index contributed by atoms with van der Waals surface area (Å²) in [5.41, 5.74) is 2.11. The fraction of sp³-hybridized carbons (Fsp3) is 0.0909. The lowest BCUT2D eigenvalue weighted by molar-refractivity contribution is 0.367. The van der Waals surface area contributed by atoms with Crippen LogP contribution in [0.2, 0.25) is 0 Å². The molecule has 80 valence electrons. The van der Waals surface area contributed by atoms with Crippen molar-refractivity contribution >= 4 is 16.8 Å². The summed E-state index contributed by atoms with van der Waals surface area (Å²) in [6.45, 7) is 0.261. The third-order valence-electron chi connectivity index (χ3n) is 2.55. The summed E-state index contributed by atoms with van der Waals surface area (Å²) in [6.07, 6.45) is 2.93. The second-order valence-corrected chi connectivity index (χ2v) is 3.63. The Hall–Kier alpha value is -2.30. The maximum atomic E-state index is 9.85. The summed E-state index contributed by atoms with van der Waals surface area (Å²) in [6, 6.07) is 5.42. The lowest BCUT2D eigenvalue weighted by atomic mass is 10.1. The Morgan fingerprint density at radius 1 is 1.19 bits per heavy atom. The molecule has 0 saturated carbocycles. The molecule has 2 N–H and O–H groups in total. The maximum absolute atomic E-state index is 9.85. The average Bonchev–Trinajstić information content (AvgIpc) is 2.68. The van der Waals surface area contributed by atoms with Gasteiger partial charge in [-0.05, 0) is 24.3 Å². The van der Waals surface area contributed by atoms with Gasteiger partial charge in [0.05, 0.1) is 0 Å². The number of aliphatic hydroxyl groups is 2. The summed E-state index contributed by atoms with van der Waals surface area (Å²) in [4.78, 5) is 0. The van der Waals surface area contributed by atoms with Crippen LogP contribution in [0.5, 0.6) is 0 Å². The fourth-order valence-electron chi connectivity index (χ4n) is 1.82. The van der Waals surface area contributed by atoms with Crippen molar-refractivity contribution in [2.24, 2.45) is 0 Å². The maximum Gasteiger partial charge on any atom is 0.125 e. The molecule has 5 heteroatoms. The van der Waals surface area contributed by atoms with E-state index in [0.717, 1.165) is 5.52 Å². The molecule has 0 radical (unpaired) electrons. The van der Waals surface area contributed by atoms with E-state index >= 15 is 0 Å². The lowest BCUT2D eigenvalue weighted by Gasteiger charge is -2.08. The van der Waals surface area contributed by atoms with Crippen LogP contribution in [-0.2, 0) is 6.54 Å². The molecule has 1 aromatic carbocycles. The summed E-state index contributed by atoms with van der Waals surface area (Å²) in [7, 11) is 0. The van der Waals surface area contributed by atoms with Crippen LogP contribution in [0.25, 0.3) is 16.8 Å². The number of rotatable bonds is 0. The number of hydrogen-bond acceptors (Lipinski definition) is 4. The second kappa shape index (κ2) is 3.10. The van der Waals surface area contributed by atoms with E-state index in [9.17, 15) is 10.2 Å². The number of nitrogens with zero attached hydrogens (tertiary/aromatic N) is 3. The minimum Gasteiger partial charge on any atom is -0.510 e. The zero-order chi connectivity index (χ0) is 11.1. The number of allylic oxidation sites excluding steroid dienone is 3. The van der Waals surface area contributed by atoms with E-state index in [0.29, 0.717) is 11.1 Å². The highest BCUT2D eigenvalue weighted by atomic mass is 16.3. The van der Waals surface area contributed by atoms with Gasteiger partial charge in [0, 0.05) is 5.56 Å². The molecule has 1 aliphatic rings. The van der Waals surface area contributed by atoms with E-state index in [1.165, 1.54) is 12.2 Å². The molecule has 0 unspecified atom stereocenters. The van der Waals surface area contributed by atoms with E-state index in [2.05, 4.69) is 10.3 Å². The van der Waals surface area contributed by atoms with Gasteiger partial charge in [0.1, 0.15) is 29.1 Å². The first kappa shape index (κ1) is 8.96. The van der Waals surface area contributed by atoms with Crippen LogP contribution in [0.4, 0.5) is 0 Å². The van der Waals surface area contributed by atoms with E-state index in [1.807, 2.05) is 12.1 Å². The van der Waals surface area contributed by atoms with Gasteiger partial charge in [-0.3, -0.25) is 0 Å². The van der Waals surface area contributed by atoms with Crippen LogP contribution in [0.3, 0.4) is 0 Å². The molecule has 0 bridgehead atoms. The van der Waals surface area contributed by atoms with Crippen molar-refractivity contribution < 1.29 is 10.2 Å². The van der Waals surface area contributed by atoms with Crippen molar-refractivity contribution in [1.29, 1.82) is 0 Å². The van der Waals surface area contributed by atoms with Crippen LogP contribution in [0.1, 0.15) is 5.56 Å². The van der Waals surface area contributed by atoms with Crippen molar-refractivity contribution in [1.82, 2.24) is 15.0 Å². The SMILES string of the molecule is O/C1=C/C=C(/O)c2cccc3nnn(c23)C1. The average molecular weight is 215 g/mol. The highest BCUT2D eigenvalue weighted by Crippen LogP contribution is 2.24. The number of aliphatic hydroxyl groups excluding tert-OH is 2. The van der Waals surface area contributed by atoms with Gasteiger partial charge < -0.3 is 10.2 Å². The quantitative estimate of drug-likeness (QED) is 0.702. The van der Waals surface area contributed by atoms with E-state index in [-0.39, 0.29) is 18.1 Å². The third kappa shape index (κ3) is 1.18. The van der Waals surface area contributed by atoms with Crippen LogP contribution in [-0.4, -0.2) is 25.2 Å². The Morgan fingerprint density at radius 3 is 2.94 bits per heavy atom. The molecule has 16 heavy (non-hydrogen) atoms. The number of aromatic nitrogens is 3. The molecule has 0 saturated heterocycles. The normalized spacial score (nSPS) is 21.8. The minimum absolute atomic E-state index is 0.0976. The minimum atomic E-state index is 0.0976. The van der Waals surface area contributed by atoms with Crippen LogP contribution in [0, 0.1) is 0 Å². The molecule has 1 aromatic heterocycles. The van der Waals surface area contributed by atoms with Crippen molar-refractivity contribution in [3.05, 3.63) is 41.7 Å². The first-order valence-corrected chi connectivity index (χ1v) is 4.87. The summed E-state index contributed by atoms with van der Waals surface area (Å²) in [5.74, 6) is 0.230. The fourth-order valence-corrected chi connectivity index (χ4v) is 1.82. The monoisotopic (exact) mass is 215 g/mol. The Kier molecular flexibility index (Phi) is 1.73. The summed E-state index contributed by atoms with van der Waals surface area (Å²) < 4.78 is 1.57. The largest absolute Gasteiger partial charge is 0.510 e. The third-order valence-corrected chi connectivity index (χ3v) is 2.55. The molecular weight excluding hydrogens is 206 g/mol. The Morgan fingerprint density at radius 2 is 2.06 bits per heavy atom. The summed E-state index contributed by atoms with van der Waals surface area (Å²) in [5, 5.41) is 27.3. The number of hydrogen-bond donors (Lipinski definition) is 2. The number of benzene rings is 1. The van der Waals surface area contributed by atoms with E-state index in [4.69, 9.17) is 0 Å². The first-order chi connectivity index (χ1) is 7.75. The van der Waals surface area contributed by atoms with Crippen molar-refractivity contribution in [3.63, 3.8) is 0 Å². The van der Waals surface area contributed by atoms with Crippen molar-refractivity contribution in [2.75, 3.05) is 0 Å². The van der Waals surface area contributed by atoms with Crippen LogP contribution >= 0.6 is 0 Å². The molecule has 0 spiro atoms. The molecule has 0 fully saturated rings. The van der Waals surface area contributed by atoms with E-state index in [1.54, 1.807) is 10.7 Å². The number of para-hydroxylation sites is 1. The predicted octanol–water partition coefficient (Wildman–Crippen LogP) is 1.79.